The van der Waals surface area contributed by atoms with E-state index in [1.807, 2.05) is 11.8 Å². The lowest BCUT2D eigenvalue weighted by atomic mass is 10.1. The van der Waals surface area contributed by atoms with Crippen molar-refractivity contribution < 1.29 is 4.79 Å². The molecule has 0 saturated carbocycles. The van der Waals surface area contributed by atoms with Gasteiger partial charge in [-0.3, -0.25) is 9.78 Å². The third-order valence-electron chi connectivity index (χ3n) is 2.89. The van der Waals surface area contributed by atoms with Crippen molar-refractivity contribution in [3.8, 4) is 0 Å². The second kappa shape index (κ2) is 5.40. The van der Waals surface area contributed by atoms with E-state index in [0.717, 1.165) is 11.0 Å². The van der Waals surface area contributed by atoms with E-state index in [-0.39, 0.29) is 10.7 Å². The third kappa shape index (κ3) is 3.45. The van der Waals surface area contributed by atoms with Crippen LogP contribution in [-0.2, 0) is 0 Å². The van der Waals surface area contributed by atoms with Gasteiger partial charge in [-0.15, -0.1) is 0 Å². The summed E-state index contributed by atoms with van der Waals surface area (Å²) in [7, 11) is 0. The Balaban J connectivity index is 1.93. The van der Waals surface area contributed by atoms with Crippen LogP contribution in [-0.4, -0.2) is 27.9 Å². The van der Waals surface area contributed by atoms with Gasteiger partial charge in [0.2, 0.25) is 0 Å². The highest BCUT2D eigenvalue weighted by Gasteiger charge is 2.29. The van der Waals surface area contributed by atoms with Crippen LogP contribution in [0.15, 0.2) is 22.9 Å². The standard InChI is InChI=1S/C12H15BrN2OS/c1-12(3-2-4-17-12)8-15-11(16)9-5-10(13)7-14-6-9/h5-7H,2-4,8H2,1H3,(H,15,16). The van der Waals surface area contributed by atoms with E-state index in [9.17, 15) is 4.79 Å². The number of carbonyl (C=O) groups is 1. The molecule has 1 aromatic rings. The zero-order valence-electron chi connectivity index (χ0n) is 9.70. The Hall–Kier alpha value is -0.550. The zero-order chi connectivity index (χ0) is 12.3. The summed E-state index contributed by atoms with van der Waals surface area (Å²) in [5.41, 5.74) is 0.603. The number of pyridine rings is 1. The number of amides is 1. The summed E-state index contributed by atoms with van der Waals surface area (Å²) in [6.45, 7) is 2.94. The molecular formula is C12H15BrN2OS. The van der Waals surface area contributed by atoms with E-state index in [1.165, 1.54) is 18.6 Å². The zero-order valence-corrected chi connectivity index (χ0v) is 12.1. The molecule has 2 rings (SSSR count). The Morgan fingerprint density at radius 3 is 3.12 bits per heavy atom. The number of rotatable bonds is 3. The minimum atomic E-state index is -0.0486. The van der Waals surface area contributed by atoms with Crippen LogP contribution in [0.1, 0.15) is 30.1 Å². The van der Waals surface area contributed by atoms with E-state index in [0.29, 0.717) is 5.56 Å². The number of aromatic nitrogens is 1. The van der Waals surface area contributed by atoms with E-state index < -0.39 is 0 Å². The van der Waals surface area contributed by atoms with Crippen molar-refractivity contribution in [2.45, 2.75) is 24.5 Å². The third-order valence-corrected chi connectivity index (χ3v) is 4.86. The molecule has 1 aromatic heterocycles. The minimum absolute atomic E-state index is 0.0486. The molecule has 17 heavy (non-hydrogen) atoms. The Kier molecular flexibility index (Phi) is 4.09. The number of hydrogen-bond acceptors (Lipinski definition) is 3. The van der Waals surface area contributed by atoms with E-state index >= 15 is 0 Å². The number of thioether (sulfide) groups is 1. The highest BCUT2D eigenvalue weighted by molar-refractivity contribution is 9.10. The number of hydrogen-bond donors (Lipinski definition) is 1. The molecule has 1 aliphatic heterocycles. The van der Waals surface area contributed by atoms with Gasteiger partial charge in [0.05, 0.1) is 5.56 Å². The number of nitrogens with zero attached hydrogens (tertiary/aromatic N) is 1. The second-order valence-corrected chi connectivity index (χ2v) is 7.07. The minimum Gasteiger partial charge on any atom is -0.351 e. The largest absolute Gasteiger partial charge is 0.351 e. The van der Waals surface area contributed by atoms with Crippen molar-refractivity contribution in [3.05, 3.63) is 28.5 Å². The second-order valence-electron chi connectivity index (χ2n) is 4.48. The number of nitrogens with one attached hydrogen (secondary N) is 1. The quantitative estimate of drug-likeness (QED) is 0.932. The SMILES string of the molecule is CC1(CNC(=O)c2cncc(Br)c2)CCCS1. The van der Waals surface area contributed by atoms with Crippen LogP contribution in [0.3, 0.4) is 0 Å². The molecule has 5 heteroatoms. The number of carbonyl (C=O) groups excluding carboxylic acids is 1. The molecule has 0 spiro atoms. The molecule has 1 N–H and O–H groups in total. The monoisotopic (exact) mass is 314 g/mol. The van der Waals surface area contributed by atoms with Gasteiger partial charge in [0.1, 0.15) is 0 Å². The Labute approximate surface area is 114 Å². The van der Waals surface area contributed by atoms with E-state index in [2.05, 4.69) is 33.2 Å². The first-order chi connectivity index (χ1) is 8.09. The molecule has 2 heterocycles. The van der Waals surface area contributed by atoms with Crippen molar-refractivity contribution in [2.24, 2.45) is 0 Å². The molecular weight excluding hydrogens is 300 g/mol. The topological polar surface area (TPSA) is 42.0 Å². The van der Waals surface area contributed by atoms with E-state index in [1.54, 1.807) is 18.5 Å². The first kappa shape index (κ1) is 12.9. The van der Waals surface area contributed by atoms with Gasteiger partial charge in [0.25, 0.3) is 5.91 Å². The molecule has 92 valence electrons. The van der Waals surface area contributed by atoms with E-state index in [4.69, 9.17) is 0 Å². The van der Waals surface area contributed by atoms with Gasteiger partial charge in [0.15, 0.2) is 0 Å². The van der Waals surface area contributed by atoms with Crippen LogP contribution in [0.2, 0.25) is 0 Å². The molecule has 1 fully saturated rings. The van der Waals surface area contributed by atoms with Crippen molar-refractivity contribution in [1.29, 1.82) is 0 Å². The summed E-state index contributed by atoms with van der Waals surface area (Å²) in [4.78, 5) is 15.9. The van der Waals surface area contributed by atoms with Crippen molar-refractivity contribution >= 4 is 33.6 Å². The molecule has 0 bridgehead atoms. The summed E-state index contributed by atoms with van der Waals surface area (Å²) < 4.78 is 1.03. The van der Waals surface area contributed by atoms with Crippen molar-refractivity contribution in [2.75, 3.05) is 12.3 Å². The maximum atomic E-state index is 11.9. The molecule has 3 nitrogen and oxygen atoms in total. The molecule has 1 aliphatic rings. The van der Waals surface area contributed by atoms with Gasteiger partial charge in [0, 0.05) is 28.2 Å². The van der Waals surface area contributed by atoms with Crippen LogP contribution in [0, 0.1) is 0 Å². The van der Waals surface area contributed by atoms with Gasteiger partial charge in [-0.25, -0.2) is 0 Å². The van der Waals surface area contributed by atoms with Crippen LogP contribution >= 0.6 is 27.7 Å². The smallest absolute Gasteiger partial charge is 0.252 e. The fourth-order valence-corrected chi connectivity index (χ4v) is 3.49. The predicted molar refractivity (Wildman–Crippen MR) is 74.4 cm³/mol. The molecule has 0 radical (unpaired) electrons. The highest BCUT2D eigenvalue weighted by Crippen LogP contribution is 2.36. The first-order valence-electron chi connectivity index (χ1n) is 5.62. The molecule has 1 unspecified atom stereocenters. The van der Waals surface area contributed by atoms with Crippen molar-refractivity contribution in [1.82, 2.24) is 10.3 Å². The molecule has 1 saturated heterocycles. The number of halogens is 1. The molecule has 1 atom stereocenters. The molecule has 0 aliphatic carbocycles. The lowest BCUT2D eigenvalue weighted by Gasteiger charge is -2.22. The van der Waals surface area contributed by atoms with Gasteiger partial charge in [-0.05, 0) is 47.5 Å². The fraction of sp³-hybridized carbons (Fsp3) is 0.500. The Morgan fingerprint density at radius 2 is 2.47 bits per heavy atom. The lowest BCUT2D eigenvalue weighted by Crippen LogP contribution is -2.36. The summed E-state index contributed by atoms with van der Waals surface area (Å²) in [5.74, 6) is 1.15. The van der Waals surface area contributed by atoms with Crippen LogP contribution in [0.5, 0.6) is 0 Å². The van der Waals surface area contributed by atoms with Gasteiger partial charge in [-0.1, -0.05) is 0 Å². The summed E-state index contributed by atoms with van der Waals surface area (Å²) in [5, 5.41) is 2.99. The normalized spacial score (nSPS) is 23.6. The maximum Gasteiger partial charge on any atom is 0.252 e. The van der Waals surface area contributed by atoms with Crippen molar-refractivity contribution in [3.63, 3.8) is 0 Å². The Bertz CT molecular complexity index is 419. The van der Waals surface area contributed by atoms with Gasteiger partial charge in [-0.2, -0.15) is 11.8 Å². The Morgan fingerprint density at radius 1 is 1.65 bits per heavy atom. The van der Waals surface area contributed by atoms with Gasteiger partial charge < -0.3 is 5.32 Å². The van der Waals surface area contributed by atoms with Crippen LogP contribution in [0.4, 0.5) is 0 Å². The first-order valence-corrected chi connectivity index (χ1v) is 7.40. The molecule has 1 amide bonds. The van der Waals surface area contributed by atoms with Gasteiger partial charge >= 0.3 is 0 Å². The summed E-state index contributed by atoms with van der Waals surface area (Å²) in [6, 6.07) is 1.78. The average Bonchev–Trinajstić information content (AvgIpc) is 2.74. The highest BCUT2D eigenvalue weighted by atomic mass is 79.9. The summed E-state index contributed by atoms with van der Waals surface area (Å²) in [6.07, 6.45) is 5.68. The maximum absolute atomic E-state index is 11.9. The van der Waals surface area contributed by atoms with Crippen LogP contribution in [0.25, 0.3) is 0 Å². The average molecular weight is 315 g/mol. The lowest BCUT2D eigenvalue weighted by molar-refractivity contribution is 0.0949. The summed E-state index contributed by atoms with van der Waals surface area (Å²) >= 11 is 5.26. The van der Waals surface area contributed by atoms with Crippen LogP contribution < -0.4 is 5.32 Å². The fourth-order valence-electron chi connectivity index (χ4n) is 1.88. The molecule has 0 aromatic carbocycles. The predicted octanol–water partition coefficient (Wildman–Crippen LogP) is 2.86.